The van der Waals surface area contributed by atoms with Crippen molar-refractivity contribution in [1.29, 1.82) is 0 Å². The van der Waals surface area contributed by atoms with Crippen molar-refractivity contribution in [3.8, 4) is 0 Å². The van der Waals surface area contributed by atoms with Gasteiger partial charge < -0.3 is 10.1 Å². The molecule has 0 amide bonds. The first-order valence-electron chi connectivity index (χ1n) is 6.72. The lowest BCUT2D eigenvalue weighted by molar-refractivity contribution is 0.185. The first-order chi connectivity index (χ1) is 10.2. The minimum Gasteiger partial charge on any atom is -0.380 e. The van der Waals surface area contributed by atoms with E-state index in [1.165, 1.54) is 4.68 Å². The summed E-state index contributed by atoms with van der Waals surface area (Å²) in [4.78, 5) is 12.0. The molecule has 21 heavy (non-hydrogen) atoms. The lowest BCUT2D eigenvalue weighted by Gasteiger charge is -2.10. The fourth-order valence-electron chi connectivity index (χ4n) is 2.01. The summed E-state index contributed by atoms with van der Waals surface area (Å²) in [6, 6.07) is 8.12. The molecule has 6 heteroatoms. The second-order valence-corrected chi connectivity index (χ2v) is 5.39. The van der Waals surface area contributed by atoms with Gasteiger partial charge in [-0.15, -0.1) is 0 Å². The van der Waals surface area contributed by atoms with Crippen LogP contribution in [0, 0.1) is 0 Å². The van der Waals surface area contributed by atoms with Crippen molar-refractivity contribution >= 4 is 21.6 Å². The van der Waals surface area contributed by atoms with Crippen molar-refractivity contribution in [2.24, 2.45) is 0 Å². The van der Waals surface area contributed by atoms with Crippen LogP contribution in [0.5, 0.6) is 0 Å². The van der Waals surface area contributed by atoms with E-state index in [2.05, 4.69) is 32.4 Å². The van der Waals surface area contributed by atoms with E-state index < -0.39 is 0 Å². The molecular weight excluding hydrogens is 334 g/mol. The van der Waals surface area contributed by atoms with Crippen molar-refractivity contribution in [2.45, 2.75) is 26.6 Å². The van der Waals surface area contributed by atoms with E-state index in [0.29, 0.717) is 29.9 Å². The molecule has 0 saturated heterocycles. The molecule has 1 aromatic heterocycles. The number of nitrogens with zero attached hydrogens (tertiary/aromatic N) is 2. The van der Waals surface area contributed by atoms with Crippen LogP contribution in [0.2, 0.25) is 0 Å². The first-order valence-corrected chi connectivity index (χ1v) is 7.51. The van der Waals surface area contributed by atoms with E-state index in [1.54, 1.807) is 13.3 Å². The van der Waals surface area contributed by atoms with Crippen LogP contribution in [0.25, 0.3) is 0 Å². The molecule has 0 aliphatic carbocycles. The fraction of sp³-hybridized carbons (Fsp3) is 0.333. The van der Waals surface area contributed by atoms with Gasteiger partial charge in [-0.25, -0.2) is 4.68 Å². The van der Waals surface area contributed by atoms with Gasteiger partial charge in [-0.2, -0.15) is 5.10 Å². The Bertz CT molecular complexity index is 670. The van der Waals surface area contributed by atoms with Gasteiger partial charge in [-0.05, 0) is 34.0 Å². The van der Waals surface area contributed by atoms with Crippen LogP contribution in [0.4, 0.5) is 5.69 Å². The monoisotopic (exact) mass is 351 g/mol. The average Bonchev–Trinajstić information content (AvgIpc) is 2.50. The molecule has 5 nitrogen and oxygen atoms in total. The summed E-state index contributed by atoms with van der Waals surface area (Å²) in [5.41, 5.74) is 2.81. The molecule has 0 aliphatic rings. The number of methoxy groups -OCH3 is 1. The number of hydrogen-bond donors (Lipinski definition) is 1. The summed E-state index contributed by atoms with van der Waals surface area (Å²) < 4.78 is 7.04. The van der Waals surface area contributed by atoms with E-state index in [0.717, 1.165) is 11.1 Å². The number of rotatable bonds is 6. The summed E-state index contributed by atoms with van der Waals surface area (Å²) in [7, 11) is 1.68. The number of nitrogens with one attached hydrogen (secondary N) is 1. The molecule has 0 bridgehead atoms. The standard InChI is InChI=1S/C15H18BrN3O2/c1-3-19-15(20)14(16)13(9-18-19)17-8-11-5-4-6-12(7-11)10-21-2/h4-7,9,17H,3,8,10H2,1-2H3. The maximum absolute atomic E-state index is 12.0. The summed E-state index contributed by atoms with van der Waals surface area (Å²) in [6.45, 7) is 3.64. The van der Waals surface area contributed by atoms with Crippen LogP contribution in [0.15, 0.2) is 39.7 Å². The highest BCUT2D eigenvalue weighted by molar-refractivity contribution is 9.10. The first kappa shape index (κ1) is 15.7. The van der Waals surface area contributed by atoms with Gasteiger partial charge in [-0.3, -0.25) is 4.79 Å². The lowest BCUT2D eigenvalue weighted by Crippen LogP contribution is -2.23. The zero-order valence-corrected chi connectivity index (χ0v) is 13.7. The average molecular weight is 352 g/mol. The van der Waals surface area contributed by atoms with Crippen LogP contribution in [-0.2, 0) is 24.4 Å². The number of hydrogen-bond acceptors (Lipinski definition) is 4. The Morgan fingerprint density at radius 2 is 2.14 bits per heavy atom. The number of aryl methyl sites for hydroxylation is 1. The Morgan fingerprint density at radius 1 is 1.38 bits per heavy atom. The number of anilines is 1. The topological polar surface area (TPSA) is 56.1 Å². The maximum atomic E-state index is 12.0. The predicted molar refractivity (Wildman–Crippen MR) is 86.4 cm³/mol. The normalized spacial score (nSPS) is 10.6. The Hall–Kier alpha value is -1.66. The van der Waals surface area contributed by atoms with E-state index in [-0.39, 0.29) is 5.56 Å². The third-order valence-corrected chi connectivity index (χ3v) is 3.84. The van der Waals surface area contributed by atoms with Gasteiger partial charge in [0.1, 0.15) is 4.47 Å². The molecule has 0 atom stereocenters. The molecule has 0 aliphatic heterocycles. The van der Waals surface area contributed by atoms with Crippen LogP contribution < -0.4 is 10.9 Å². The quantitative estimate of drug-likeness (QED) is 0.869. The Morgan fingerprint density at radius 3 is 2.86 bits per heavy atom. The van der Waals surface area contributed by atoms with Crippen LogP contribution in [0.3, 0.4) is 0 Å². The summed E-state index contributed by atoms with van der Waals surface area (Å²) >= 11 is 3.33. The van der Waals surface area contributed by atoms with Gasteiger partial charge >= 0.3 is 0 Å². The molecule has 2 aromatic rings. The highest BCUT2D eigenvalue weighted by Crippen LogP contribution is 2.17. The molecule has 1 N–H and O–H groups in total. The highest BCUT2D eigenvalue weighted by Gasteiger charge is 2.07. The number of aromatic nitrogens is 2. The molecule has 0 saturated carbocycles. The van der Waals surface area contributed by atoms with E-state index in [4.69, 9.17) is 4.74 Å². The molecule has 1 aromatic carbocycles. The second-order valence-electron chi connectivity index (χ2n) is 4.60. The van der Waals surface area contributed by atoms with Crippen molar-refractivity contribution < 1.29 is 4.74 Å². The maximum Gasteiger partial charge on any atom is 0.283 e. The van der Waals surface area contributed by atoms with Gasteiger partial charge in [0, 0.05) is 20.2 Å². The molecule has 0 fully saturated rings. The molecule has 1 heterocycles. The minimum atomic E-state index is -0.129. The van der Waals surface area contributed by atoms with E-state index >= 15 is 0 Å². The van der Waals surface area contributed by atoms with E-state index in [9.17, 15) is 4.79 Å². The molecule has 112 valence electrons. The summed E-state index contributed by atoms with van der Waals surface area (Å²) in [5.74, 6) is 0. The summed E-state index contributed by atoms with van der Waals surface area (Å²) in [6.07, 6.45) is 1.66. The van der Waals surface area contributed by atoms with Crippen LogP contribution in [-0.4, -0.2) is 16.9 Å². The van der Waals surface area contributed by atoms with Crippen molar-refractivity contribution in [1.82, 2.24) is 9.78 Å². The number of halogens is 1. The molecule has 0 spiro atoms. The van der Waals surface area contributed by atoms with Gasteiger partial charge in [0.15, 0.2) is 0 Å². The highest BCUT2D eigenvalue weighted by atomic mass is 79.9. The third-order valence-electron chi connectivity index (χ3n) is 3.07. The smallest absolute Gasteiger partial charge is 0.283 e. The van der Waals surface area contributed by atoms with Gasteiger partial charge in [0.05, 0.1) is 18.5 Å². The zero-order chi connectivity index (χ0) is 15.2. The van der Waals surface area contributed by atoms with Crippen molar-refractivity contribution in [3.63, 3.8) is 0 Å². The van der Waals surface area contributed by atoms with Gasteiger partial charge in [-0.1, -0.05) is 24.3 Å². The molecule has 0 radical (unpaired) electrons. The minimum absolute atomic E-state index is 0.129. The zero-order valence-electron chi connectivity index (χ0n) is 12.1. The lowest BCUT2D eigenvalue weighted by atomic mass is 10.1. The van der Waals surface area contributed by atoms with Gasteiger partial charge in [0.2, 0.25) is 0 Å². The third kappa shape index (κ3) is 3.92. The molecule has 2 rings (SSSR count). The number of benzene rings is 1. The SMILES string of the molecule is CCn1ncc(NCc2cccc(COC)c2)c(Br)c1=O. The second kappa shape index (κ2) is 7.38. The Labute approximate surface area is 132 Å². The molecular formula is C15H18BrN3O2. The van der Waals surface area contributed by atoms with Crippen LogP contribution in [0.1, 0.15) is 18.1 Å². The van der Waals surface area contributed by atoms with Crippen molar-refractivity contribution in [3.05, 3.63) is 56.4 Å². The van der Waals surface area contributed by atoms with Crippen molar-refractivity contribution in [2.75, 3.05) is 12.4 Å². The van der Waals surface area contributed by atoms with Gasteiger partial charge in [0.25, 0.3) is 5.56 Å². The Kier molecular flexibility index (Phi) is 5.52. The summed E-state index contributed by atoms with van der Waals surface area (Å²) in [5, 5.41) is 7.34. The van der Waals surface area contributed by atoms with Crippen LogP contribution >= 0.6 is 15.9 Å². The van der Waals surface area contributed by atoms with E-state index in [1.807, 2.05) is 25.1 Å². The predicted octanol–water partition coefficient (Wildman–Crippen LogP) is 2.78. The Balaban J connectivity index is 2.11. The fourth-order valence-corrected chi connectivity index (χ4v) is 2.45. The molecule has 0 unspecified atom stereocenters. The largest absolute Gasteiger partial charge is 0.380 e. The number of ether oxygens (including phenoxy) is 1.